The van der Waals surface area contributed by atoms with E-state index in [4.69, 9.17) is 0 Å². The summed E-state index contributed by atoms with van der Waals surface area (Å²) in [7, 11) is 0. The number of nitrogens with zero attached hydrogens (tertiary/aromatic N) is 1. The van der Waals surface area contributed by atoms with Gasteiger partial charge in [-0.1, -0.05) is 23.8 Å². The highest BCUT2D eigenvalue weighted by atomic mass is 14.7. The molecule has 0 aliphatic carbocycles. The second-order valence-corrected chi connectivity index (χ2v) is 3.58. The Labute approximate surface area is 78.4 Å². The first-order valence-corrected chi connectivity index (χ1v) is 4.51. The maximum atomic E-state index is 4.34. The zero-order chi connectivity index (χ0) is 9.42. The lowest BCUT2D eigenvalue weighted by atomic mass is 10.0. The van der Waals surface area contributed by atoms with Gasteiger partial charge in [-0.25, -0.2) is 0 Å². The fourth-order valence-electron chi connectivity index (χ4n) is 1.63. The lowest BCUT2D eigenvalue weighted by molar-refractivity contribution is 1.21. The predicted octanol–water partition coefficient (Wildman–Crippen LogP) is 3.16. The SMILES string of the molecule is Cc1ccc2c(C)ncc(C)c2c1. The zero-order valence-electron chi connectivity index (χ0n) is 8.26. The standard InChI is InChI=1S/C12H13N/c1-8-4-5-11-10(3)13-7-9(2)12(11)6-8/h4-7H,1-3H3. The van der Waals surface area contributed by atoms with Crippen LogP contribution in [-0.2, 0) is 0 Å². The molecule has 0 spiro atoms. The van der Waals surface area contributed by atoms with Gasteiger partial charge in [0.2, 0.25) is 0 Å². The van der Waals surface area contributed by atoms with Crippen molar-refractivity contribution in [2.24, 2.45) is 0 Å². The molecule has 1 aromatic carbocycles. The molecule has 0 unspecified atom stereocenters. The molecule has 13 heavy (non-hydrogen) atoms. The molecule has 0 fully saturated rings. The van der Waals surface area contributed by atoms with Crippen LogP contribution >= 0.6 is 0 Å². The maximum Gasteiger partial charge on any atom is 0.0451 e. The number of aromatic nitrogens is 1. The fraction of sp³-hybridized carbons (Fsp3) is 0.250. The van der Waals surface area contributed by atoms with Crippen LogP contribution < -0.4 is 0 Å². The molecule has 0 amide bonds. The lowest BCUT2D eigenvalue weighted by Gasteiger charge is -2.05. The monoisotopic (exact) mass is 171 g/mol. The van der Waals surface area contributed by atoms with Crippen LogP contribution in [0.3, 0.4) is 0 Å². The average molecular weight is 171 g/mol. The molecule has 0 aliphatic heterocycles. The van der Waals surface area contributed by atoms with Gasteiger partial charge in [0.25, 0.3) is 0 Å². The van der Waals surface area contributed by atoms with Gasteiger partial charge in [0.05, 0.1) is 0 Å². The second-order valence-electron chi connectivity index (χ2n) is 3.58. The third kappa shape index (κ3) is 1.31. The molecule has 1 heteroatoms. The van der Waals surface area contributed by atoms with Crippen molar-refractivity contribution < 1.29 is 0 Å². The van der Waals surface area contributed by atoms with E-state index in [9.17, 15) is 0 Å². The molecule has 2 rings (SSSR count). The van der Waals surface area contributed by atoms with Crippen molar-refractivity contribution in [2.45, 2.75) is 20.8 Å². The van der Waals surface area contributed by atoms with Crippen molar-refractivity contribution in [3.8, 4) is 0 Å². The summed E-state index contributed by atoms with van der Waals surface area (Å²) >= 11 is 0. The number of aryl methyl sites for hydroxylation is 3. The van der Waals surface area contributed by atoms with Crippen LogP contribution in [0.15, 0.2) is 24.4 Å². The van der Waals surface area contributed by atoms with E-state index < -0.39 is 0 Å². The van der Waals surface area contributed by atoms with Crippen molar-refractivity contribution in [1.82, 2.24) is 4.98 Å². The Morgan fingerprint density at radius 2 is 1.77 bits per heavy atom. The van der Waals surface area contributed by atoms with E-state index in [0.29, 0.717) is 0 Å². The number of hydrogen-bond acceptors (Lipinski definition) is 1. The van der Waals surface area contributed by atoms with Crippen molar-refractivity contribution >= 4 is 10.8 Å². The molecule has 0 atom stereocenters. The van der Waals surface area contributed by atoms with Gasteiger partial charge in [0.15, 0.2) is 0 Å². The van der Waals surface area contributed by atoms with Crippen molar-refractivity contribution in [3.05, 3.63) is 41.2 Å². The molecule has 0 saturated heterocycles. The van der Waals surface area contributed by atoms with Gasteiger partial charge < -0.3 is 0 Å². The highest BCUT2D eigenvalue weighted by molar-refractivity contribution is 5.87. The third-order valence-electron chi connectivity index (χ3n) is 2.44. The quantitative estimate of drug-likeness (QED) is 0.593. The molecule has 1 nitrogen and oxygen atoms in total. The van der Waals surface area contributed by atoms with Gasteiger partial charge in [-0.15, -0.1) is 0 Å². The second kappa shape index (κ2) is 2.84. The van der Waals surface area contributed by atoms with Crippen LogP contribution in [0.1, 0.15) is 16.8 Å². The van der Waals surface area contributed by atoms with Gasteiger partial charge in [0.1, 0.15) is 0 Å². The lowest BCUT2D eigenvalue weighted by Crippen LogP contribution is -1.87. The molecule has 0 aliphatic rings. The first kappa shape index (κ1) is 8.24. The van der Waals surface area contributed by atoms with E-state index in [1.807, 2.05) is 6.20 Å². The van der Waals surface area contributed by atoms with Crippen LogP contribution in [0.4, 0.5) is 0 Å². The minimum atomic E-state index is 1.11. The van der Waals surface area contributed by atoms with E-state index >= 15 is 0 Å². The number of pyridine rings is 1. The number of benzene rings is 1. The highest BCUT2D eigenvalue weighted by Gasteiger charge is 2.00. The first-order chi connectivity index (χ1) is 6.18. The number of hydrogen-bond donors (Lipinski definition) is 0. The normalized spacial score (nSPS) is 10.7. The Balaban J connectivity index is 2.92. The van der Waals surface area contributed by atoms with Crippen molar-refractivity contribution in [3.63, 3.8) is 0 Å². The fourth-order valence-corrected chi connectivity index (χ4v) is 1.63. The Hall–Kier alpha value is -1.37. The molecule has 0 radical (unpaired) electrons. The molecule has 0 saturated carbocycles. The van der Waals surface area contributed by atoms with Crippen LogP contribution in [0.2, 0.25) is 0 Å². The van der Waals surface area contributed by atoms with Crippen LogP contribution in [0.5, 0.6) is 0 Å². The summed E-state index contributed by atoms with van der Waals surface area (Å²) < 4.78 is 0. The van der Waals surface area contributed by atoms with E-state index in [2.05, 4.69) is 44.0 Å². The summed E-state index contributed by atoms with van der Waals surface area (Å²) in [5.74, 6) is 0. The minimum absolute atomic E-state index is 1.11. The Morgan fingerprint density at radius 3 is 2.54 bits per heavy atom. The first-order valence-electron chi connectivity index (χ1n) is 4.51. The van der Waals surface area contributed by atoms with E-state index in [1.54, 1.807) is 0 Å². The molecule has 1 heterocycles. The van der Waals surface area contributed by atoms with E-state index in [0.717, 1.165) is 5.69 Å². The summed E-state index contributed by atoms with van der Waals surface area (Å²) in [6, 6.07) is 6.51. The summed E-state index contributed by atoms with van der Waals surface area (Å²) in [5, 5.41) is 2.60. The Morgan fingerprint density at radius 1 is 1.00 bits per heavy atom. The molecular formula is C12H13N. The molecule has 1 aromatic heterocycles. The zero-order valence-corrected chi connectivity index (χ0v) is 8.26. The van der Waals surface area contributed by atoms with Gasteiger partial charge in [-0.3, -0.25) is 4.98 Å². The predicted molar refractivity (Wildman–Crippen MR) is 56.0 cm³/mol. The number of rotatable bonds is 0. The van der Waals surface area contributed by atoms with Gasteiger partial charge in [0, 0.05) is 17.3 Å². The summed E-state index contributed by atoms with van der Waals surface area (Å²) in [5.41, 5.74) is 3.67. The molecular weight excluding hydrogens is 158 g/mol. The smallest absolute Gasteiger partial charge is 0.0451 e. The highest BCUT2D eigenvalue weighted by Crippen LogP contribution is 2.20. The van der Waals surface area contributed by atoms with Crippen LogP contribution in [0, 0.1) is 20.8 Å². The molecule has 66 valence electrons. The minimum Gasteiger partial charge on any atom is -0.261 e. The van der Waals surface area contributed by atoms with E-state index in [-0.39, 0.29) is 0 Å². The average Bonchev–Trinajstić information content (AvgIpc) is 2.12. The van der Waals surface area contributed by atoms with Gasteiger partial charge in [-0.2, -0.15) is 0 Å². The van der Waals surface area contributed by atoms with Gasteiger partial charge in [-0.05, 0) is 31.7 Å². The third-order valence-corrected chi connectivity index (χ3v) is 2.44. The summed E-state index contributed by atoms with van der Waals surface area (Å²) in [6.45, 7) is 6.28. The molecule has 0 N–H and O–H groups in total. The summed E-state index contributed by atoms with van der Waals surface area (Å²) in [6.07, 6.45) is 1.94. The maximum absolute atomic E-state index is 4.34. The van der Waals surface area contributed by atoms with Crippen molar-refractivity contribution in [2.75, 3.05) is 0 Å². The Bertz CT molecular complexity index is 458. The molecule has 2 aromatic rings. The van der Waals surface area contributed by atoms with Gasteiger partial charge >= 0.3 is 0 Å². The van der Waals surface area contributed by atoms with Crippen LogP contribution in [0.25, 0.3) is 10.8 Å². The largest absolute Gasteiger partial charge is 0.261 e. The molecule has 0 bridgehead atoms. The van der Waals surface area contributed by atoms with E-state index in [1.165, 1.54) is 21.9 Å². The topological polar surface area (TPSA) is 12.9 Å². The Kier molecular flexibility index (Phi) is 1.80. The summed E-state index contributed by atoms with van der Waals surface area (Å²) in [4.78, 5) is 4.34. The number of fused-ring (bicyclic) bond motifs is 1. The van der Waals surface area contributed by atoms with Crippen LogP contribution in [-0.4, -0.2) is 4.98 Å². The van der Waals surface area contributed by atoms with Crippen molar-refractivity contribution in [1.29, 1.82) is 0 Å².